The van der Waals surface area contributed by atoms with Gasteiger partial charge in [-0.15, -0.1) is 0 Å². The normalized spacial score (nSPS) is 13.4. The molecule has 0 amide bonds. The highest BCUT2D eigenvalue weighted by molar-refractivity contribution is 5.04. The van der Waals surface area contributed by atoms with Gasteiger partial charge in [-0.05, 0) is 6.92 Å². The Labute approximate surface area is 65.8 Å². The van der Waals surface area contributed by atoms with Crippen molar-refractivity contribution in [1.82, 2.24) is 9.97 Å². The Balaban J connectivity index is 2.66. The van der Waals surface area contributed by atoms with Crippen LogP contribution in [-0.2, 0) is 11.3 Å². The highest BCUT2D eigenvalue weighted by Gasteiger charge is 2.02. The first kappa shape index (κ1) is 8.23. The van der Waals surface area contributed by atoms with Crippen molar-refractivity contribution in [2.24, 2.45) is 5.73 Å². The van der Waals surface area contributed by atoms with Gasteiger partial charge >= 0.3 is 0 Å². The summed E-state index contributed by atoms with van der Waals surface area (Å²) in [4.78, 5) is 7.12. The van der Waals surface area contributed by atoms with Gasteiger partial charge in [-0.2, -0.15) is 0 Å². The summed E-state index contributed by atoms with van der Waals surface area (Å²) in [7, 11) is 1.63. The number of ether oxygens (including phenoxy) is 1. The third-order valence-corrected chi connectivity index (χ3v) is 1.42. The fourth-order valence-electron chi connectivity index (χ4n) is 0.820. The molecule has 4 nitrogen and oxygen atoms in total. The van der Waals surface area contributed by atoms with E-state index in [9.17, 15) is 0 Å². The molecule has 3 N–H and O–H groups in total. The van der Waals surface area contributed by atoms with Gasteiger partial charge in [-0.3, -0.25) is 0 Å². The van der Waals surface area contributed by atoms with Crippen molar-refractivity contribution in [1.29, 1.82) is 0 Å². The van der Waals surface area contributed by atoms with Crippen LogP contribution < -0.4 is 5.73 Å². The molecule has 0 bridgehead atoms. The van der Waals surface area contributed by atoms with E-state index >= 15 is 0 Å². The van der Waals surface area contributed by atoms with E-state index in [1.165, 1.54) is 0 Å². The Hall–Kier alpha value is -0.870. The number of nitrogens with one attached hydrogen (secondary N) is 1. The third kappa shape index (κ3) is 2.03. The molecule has 1 rings (SSSR count). The number of imidazole rings is 1. The van der Waals surface area contributed by atoms with Crippen LogP contribution in [0.2, 0.25) is 0 Å². The average Bonchev–Trinajstić information content (AvgIpc) is 2.37. The molecule has 4 heteroatoms. The van der Waals surface area contributed by atoms with Crippen molar-refractivity contribution >= 4 is 0 Å². The van der Waals surface area contributed by atoms with E-state index in [0.29, 0.717) is 6.61 Å². The van der Waals surface area contributed by atoms with Crippen LogP contribution in [0.1, 0.15) is 24.5 Å². The Morgan fingerprint density at radius 2 is 2.55 bits per heavy atom. The van der Waals surface area contributed by atoms with Gasteiger partial charge in [0.15, 0.2) is 0 Å². The fraction of sp³-hybridized carbons (Fsp3) is 0.571. The number of aromatic nitrogens is 2. The standard InChI is InChI=1S/C7H13N3O/c1-5(8)6-3-9-7(10-6)4-11-2/h3,5H,4,8H2,1-2H3,(H,9,10). The molecule has 0 radical (unpaired) electrons. The summed E-state index contributed by atoms with van der Waals surface area (Å²) in [6.07, 6.45) is 1.74. The summed E-state index contributed by atoms with van der Waals surface area (Å²) in [6, 6.07) is 0.00751. The maximum Gasteiger partial charge on any atom is 0.132 e. The Morgan fingerprint density at radius 1 is 1.82 bits per heavy atom. The molecule has 62 valence electrons. The van der Waals surface area contributed by atoms with Gasteiger partial charge < -0.3 is 15.5 Å². The molecule has 1 unspecified atom stereocenters. The van der Waals surface area contributed by atoms with E-state index in [-0.39, 0.29) is 6.04 Å². The second-order valence-electron chi connectivity index (χ2n) is 2.51. The van der Waals surface area contributed by atoms with Crippen molar-refractivity contribution in [3.8, 4) is 0 Å². The van der Waals surface area contributed by atoms with Crippen LogP contribution in [0.4, 0.5) is 0 Å². The van der Waals surface area contributed by atoms with Crippen molar-refractivity contribution in [2.45, 2.75) is 19.6 Å². The highest BCUT2D eigenvalue weighted by atomic mass is 16.5. The molecule has 0 spiro atoms. The number of hydrogen-bond donors (Lipinski definition) is 2. The largest absolute Gasteiger partial charge is 0.377 e. The second-order valence-corrected chi connectivity index (χ2v) is 2.51. The van der Waals surface area contributed by atoms with Crippen molar-refractivity contribution < 1.29 is 4.74 Å². The summed E-state index contributed by atoms with van der Waals surface area (Å²) >= 11 is 0. The minimum absolute atomic E-state index is 0.00751. The first-order chi connectivity index (χ1) is 5.24. The molecular formula is C7H13N3O. The summed E-state index contributed by atoms with van der Waals surface area (Å²) in [5, 5.41) is 0. The zero-order valence-electron chi connectivity index (χ0n) is 6.79. The summed E-state index contributed by atoms with van der Waals surface area (Å²) in [5.41, 5.74) is 6.55. The lowest BCUT2D eigenvalue weighted by Crippen LogP contribution is -2.05. The van der Waals surface area contributed by atoms with E-state index in [1.807, 2.05) is 6.92 Å². The molecule has 0 aliphatic rings. The number of hydrogen-bond acceptors (Lipinski definition) is 3. The quantitative estimate of drug-likeness (QED) is 0.671. The van der Waals surface area contributed by atoms with Gasteiger partial charge in [0.05, 0.1) is 5.69 Å². The van der Waals surface area contributed by atoms with Gasteiger partial charge in [-0.1, -0.05) is 0 Å². The Morgan fingerprint density at radius 3 is 3.00 bits per heavy atom. The first-order valence-electron chi connectivity index (χ1n) is 3.52. The van der Waals surface area contributed by atoms with Crippen molar-refractivity contribution in [3.05, 3.63) is 17.7 Å². The summed E-state index contributed by atoms with van der Waals surface area (Å²) in [6.45, 7) is 2.41. The van der Waals surface area contributed by atoms with E-state index in [4.69, 9.17) is 10.5 Å². The molecule has 0 aliphatic carbocycles. The molecule has 0 fully saturated rings. The molecule has 0 saturated heterocycles. The van der Waals surface area contributed by atoms with Gasteiger partial charge in [0.1, 0.15) is 12.4 Å². The van der Waals surface area contributed by atoms with E-state index in [0.717, 1.165) is 11.5 Å². The van der Waals surface area contributed by atoms with Crippen molar-refractivity contribution in [3.63, 3.8) is 0 Å². The molecular weight excluding hydrogens is 142 g/mol. The number of nitrogens with two attached hydrogens (primary N) is 1. The van der Waals surface area contributed by atoms with E-state index in [1.54, 1.807) is 13.3 Å². The lowest BCUT2D eigenvalue weighted by molar-refractivity contribution is 0.178. The molecule has 0 saturated carbocycles. The lowest BCUT2D eigenvalue weighted by Gasteiger charge is -1.98. The van der Waals surface area contributed by atoms with Gasteiger partial charge in [0, 0.05) is 19.3 Å². The van der Waals surface area contributed by atoms with Gasteiger partial charge in [-0.25, -0.2) is 4.98 Å². The topological polar surface area (TPSA) is 63.9 Å². The average molecular weight is 155 g/mol. The van der Waals surface area contributed by atoms with Gasteiger partial charge in [0.2, 0.25) is 0 Å². The number of nitrogens with zero attached hydrogens (tertiary/aromatic N) is 1. The monoisotopic (exact) mass is 155 g/mol. The predicted molar refractivity (Wildman–Crippen MR) is 41.9 cm³/mol. The van der Waals surface area contributed by atoms with Crippen LogP contribution >= 0.6 is 0 Å². The fourth-order valence-corrected chi connectivity index (χ4v) is 0.820. The van der Waals surface area contributed by atoms with Crippen LogP contribution in [0, 0.1) is 0 Å². The summed E-state index contributed by atoms with van der Waals surface area (Å²) < 4.78 is 4.89. The molecule has 1 atom stereocenters. The van der Waals surface area contributed by atoms with Gasteiger partial charge in [0.25, 0.3) is 0 Å². The molecule has 11 heavy (non-hydrogen) atoms. The van der Waals surface area contributed by atoms with Crippen LogP contribution in [0.5, 0.6) is 0 Å². The SMILES string of the molecule is COCc1ncc(C(C)N)[nH]1. The molecule has 1 aromatic rings. The number of rotatable bonds is 3. The minimum Gasteiger partial charge on any atom is -0.377 e. The lowest BCUT2D eigenvalue weighted by atomic mass is 10.3. The molecule has 0 aliphatic heterocycles. The number of aromatic amines is 1. The van der Waals surface area contributed by atoms with E-state index in [2.05, 4.69) is 9.97 Å². The summed E-state index contributed by atoms with van der Waals surface area (Å²) in [5.74, 6) is 0.819. The maximum absolute atomic E-state index is 5.61. The Kier molecular flexibility index (Phi) is 2.62. The van der Waals surface area contributed by atoms with Crippen LogP contribution in [-0.4, -0.2) is 17.1 Å². The highest BCUT2D eigenvalue weighted by Crippen LogP contribution is 2.05. The van der Waals surface area contributed by atoms with Crippen LogP contribution in [0.3, 0.4) is 0 Å². The zero-order chi connectivity index (χ0) is 8.27. The van der Waals surface area contributed by atoms with Crippen LogP contribution in [0.15, 0.2) is 6.20 Å². The predicted octanol–water partition coefficient (Wildman–Crippen LogP) is 0.576. The first-order valence-corrected chi connectivity index (χ1v) is 3.52. The molecule has 1 heterocycles. The Bertz CT molecular complexity index is 219. The number of methoxy groups -OCH3 is 1. The van der Waals surface area contributed by atoms with Crippen LogP contribution in [0.25, 0.3) is 0 Å². The molecule has 1 aromatic heterocycles. The second kappa shape index (κ2) is 3.50. The smallest absolute Gasteiger partial charge is 0.132 e. The van der Waals surface area contributed by atoms with E-state index < -0.39 is 0 Å². The van der Waals surface area contributed by atoms with Crippen molar-refractivity contribution in [2.75, 3.05) is 7.11 Å². The minimum atomic E-state index is 0.00751. The third-order valence-electron chi connectivity index (χ3n) is 1.42. The molecule has 0 aromatic carbocycles. The number of H-pyrrole nitrogens is 1. The maximum atomic E-state index is 5.61. The zero-order valence-corrected chi connectivity index (χ0v) is 6.79.